The average molecular weight is 346 g/mol. The average Bonchev–Trinajstić information content (AvgIpc) is 2.93. The fraction of sp³-hybridized carbons (Fsp3) is 0.583. The molecule has 0 aromatic carbocycles. The number of anilines is 1. The molecule has 1 aromatic heterocycles. The summed E-state index contributed by atoms with van der Waals surface area (Å²) in [5.41, 5.74) is 5.67. The van der Waals surface area contributed by atoms with E-state index in [9.17, 15) is 8.42 Å². The predicted octanol–water partition coefficient (Wildman–Crippen LogP) is 1.89. The first-order chi connectivity index (χ1) is 8.95. The molecule has 1 aromatic rings. The topological polar surface area (TPSA) is 85.1 Å². The van der Waals surface area contributed by atoms with Gasteiger partial charge in [0, 0.05) is 16.7 Å². The van der Waals surface area contributed by atoms with Crippen LogP contribution in [0.3, 0.4) is 0 Å². The van der Waals surface area contributed by atoms with E-state index in [-0.39, 0.29) is 16.8 Å². The molecule has 1 heterocycles. The molecule has 104 valence electrons. The fourth-order valence-corrected chi connectivity index (χ4v) is 5.21. The van der Waals surface area contributed by atoms with Crippen LogP contribution < -0.4 is 10.5 Å². The summed E-state index contributed by atoms with van der Waals surface area (Å²) < 4.78 is 28.2. The van der Waals surface area contributed by atoms with Crippen LogP contribution in [0.15, 0.2) is 21.6 Å². The maximum absolute atomic E-state index is 12.4. The van der Waals surface area contributed by atoms with Crippen LogP contribution in [0.25, 0.3) is 0 Å². The molecule has 3 atom stereocenters. The van der Waals surface area contributed by atoms with Gasteiger partial charge in [0.2, 0.25) is 10.0 Å². The number of sulfonamides is 1. The van der Waals surface area contributed by atoms with Gasteiger partial charge in [-0.1, -0.05) is 6.42 Å². The Labute approximate surface area is 121 Å². The molecule has 0 amide bonds. The molecule has 2 saturated carbocycles. The molecule has 3 rings (SSSR count). The first-order valence-corrected chi connectivity index (χ1v) is 8.66. The Bertz CT molecular complexity index is 605. The van der Waals surface area contributed by atoms with Crippen LogP contribution in [0.4, 0.5) is 5.82 Å². The summed E-state index contributed by atoms with van der Waals surface area (Å²) in [5, 5.41) is 0. The van der Waals surface area contributed by atoms with Crippen LogP contribution in [-0.2, 0) is 10.0 Å². The minimum Gasteiger partial charge on any atom is -0.383 e. The van der Waals surface area contributed by atoms with Gasteiger partial charge in [0.1, 0.15) is 10.7 Å². The molecule has 2 aliphatic carbocycles. The van der Waals surface area contributed by atoms with Crippen LogP contribution in [-0.4, -0.2) is 19.4 Å². The van der Waals surface area contributed by atoms with E-state index >= 15 is 0 Å². The van der Waals surface area contributed by atoms with E-state index in [1.807, 2.05) is 0 Å². The van der Waals surface area contributed by atoms with Gasteiger partial charge in [-0.05, 0) is 53.1 Å². The molecule has 2 aliphatic rings. The number of nitrogen functional groups attached to an aromatic ring is 1. The first-order valence-electron chi connectivity index (χ1n) is 6.39. The van der Waals surface area contributed by atoms with Crippen molar-refractivity contribution in [3.05, 3.63) is 16.7 Å². The van der Waals surface area contributed by atoms with Crippen LogP contribution in [0, 0.1) is 11.8 Å². The van der Waals surface area contributed by atoms with Gasteiger partial charge in [0.15, 0.2) is 0 Å². The zero-order valence-electron chi connectivity index (χ0n) is 10.3. The Morgan fingerprint density at radius 1 is 1.37 bits per heavy atom. The van der Waals surface area contributed by atoms with Crippen LogP contribution >= 0.6 is 15.9 Å². The van der Waals surface area contributed by atoms with Crippen molar-refractivity contribution in [1.82, 2.24) is 9.71 Å². The molecule has 7 heteroatoms. The lowest BCUT2D eigenvalue weighted by molar-refractivity contribution is 0.390. The molecular formula is C12H16BrN3O2S. The molecular weight excluding hydrogens is 330 g/mol. The highest BCUT2D eigenvalue weighted by Crippen LogP contribution is 2.44. The number of fused-ring (bicyclic) bond motifs is 2. The van der Waals surface area contributed by atoms with Gasteiger partial charge in [-0.25, -0.2) is 18.1 Å². The maximum Gasteiger partial charge on any atom is 0.244 e. The van der Waals surface area contributed by atoms with Gasteiger partial charge in [0.25, 0.3) is 0 Å². The third-order valence-corrected chi connectivity index (χ3v) is 6.14. The minimum absolute atomic E-state index is 0.0406. The van der Waals surface area contributed by atoms with Gasteiger partial charge in [0.05, 0.1) is 0 Å². The van der Waals surface area contributed by atoms with Crippen molar-refractivity contribution in [3.63, 3.8) is 0 Å². The highest BCUT2D eigenvalue weighted by atomic mass is 79.9. The van der Waals surface area contributed by atoms with Crippen molar-refractivity contribution in [1.29, 1.82) is 0 Å². The fourth-order valence-electron chi connectivity index (χ4n) is 3.30. The number of hydrogen-bond donors (Lipinski definition) is 2. The van der Waals surface area contributed by atoms with Gasteiger partial charge >= 0.3 is 0 Å². The molecule has 5 nitrogen and oxygen atoms in total. The van der Waals surface area contributed by atoms with Crippen LogP contribution in [0.1, 0.15) is 25.7 Å². The lowest BCUT2D eigenvalue weighted by Gasteiger charge is -2.22. The lowest BCUT2D eigenvalue weighted by Crippen LogP contribution is -2.38. The number of halogens is 1. The third kappa shape index (κ3) is 2.51. The van der Waals surface area contributed by atoms with Crippen molar-refractivity contribution in [2.24, 2.45) is 11.8 Å². The second-order valence-corrected chi connectivity index (χ2v) is 8.04. The number of hydrogen-bond acceptors (Lipinski definition) is 4. The van der Waals surface area contributed by atoms with E-state index in [2.05, 4.69) is 25.6 Å². The summed E-state index contributed by atoms with van der Waals surface area (Å²) in [4.78, 5) is 3.94. The van der Waals surface area contributed by atoms with Crippen molar-refractivity contribution in [3.8, 4) is 0 Å². The molecule has 0 spiro atoms. The summed E-state index contributed by atoms with van der Waals surface area (Å²) in [6.45, 7) is 0. The number of nitrogens with one attached hydrogen (secondary N) is 1. The minimum atomic E-state index is -3.59. The first kappa shape index (κ1) is 13.3. The summed E-state index contributed by atoms with van der Waals surface area (Å²) in [5.74, 6) is 1.22. The van der Waals surface area contributed by atoms with E-state index in [1.165, 1.54) is 18.7 Å². The van der Waals surface area contributed by atoms with Gasteiger partial charge in [-0.3, -0.25) is 0 Å². The molecule has 0 aliphatic heterocycles. The molecule has 19 heavy (non-hydrogen) atoms. The number of pyridine rings is 1. The normalized spacial score (nSPS) is 29.8. The van der Waals surface area contributed by atoms with Crippen LogP contribution in [0.5, 0.6) is 0 Å². The summed E-state index contributed by atoms with van der Waals surface area (Å²) in [7, 11) is -3.59. The van der Waals surface area contributed by atoms with Gasteiger partial charge in [-0.15, -0.1) is 0 Å². The Balaban J connectivity index is 1.85. The zero-order valence-corrected chi connectivity index (χ0v) is 12.7. The maximum atomic E-state index is 12.4. The van der Waals surface area contributed by atoms with Gasteiger partial charge < -0.3 is 5.73 Å². The lowest BCUT2D eigenvalue weighted by atomic mass is 9.96. The van der Waals surface area contributed by atoms with E-state index < -0.39 is 10.0 Å². The standard InChI is InChI=1S/C12H16BrN3O2S/c13-9-5-11(12(14)15-6-9)19(17,18)16-10-4-7-1-2-8(10)3-7/h5-8,10,16H,1-4H2,(H2,14,15). The zero-order chi connectivity index (χ0) is 13.6. The second-order valence-electron chi connectivity index (χ2n) is 5.44. The monoisotopic (exact) mass is 345 g/mol. The number of nitrogens with zero attached hydrogens (tertiary/aromatic N) is 1. The Morgan fingerprint density at radius 3 is 2.79 bits per heavy atom. The predicted molar refractivity (Wildman–Crippen MR) is 75.9 cm³/mol. The molecule has 2 bridgehead atoms. The molecule has 3 unspecified atom stereocenters. The molecule has 3 N–H and O–H groups in total. The molecule has 0 saturated heterocycles. The number of rotatable bonds is 3. The molecule has 0 radical (unpaired) electrons. The quantitative estimate of drug-likeness (QED) is 0.875. The third-order valence-electron chi connectivity index (χ3n) is 4.18. The van der Waals surface area contributed by atoms with E-state index in [1.54, 1.807) is 0 Å². The number of aromatic nitrogens is 1. The van der Waals surface area contributed by atoms with Crippen LogP contribution in [0.2, 0.25) is 0 Å². The Morgan fingerprint density at radius 2 is 2.16 bits per heavy atom. The van der Waals surface area contributed by atoms with E-state index in [0.29, 0.717) is 16.3 Å². The molecule has 2 fully saturated rings. The van der Waals surface area contributed by atoms with E-state index in [4.69, 9.17) is 5.73 Å². The summed E-state index contributed by atoms with van der Waals surface area (Å²) in [6, 6.07) is 1.56. The SMILES string of the molecule is Nc1ncc(Br)cc1S(=O)(=O)NC1CC2CCC1C2. The Kier molecular flexibility index (Phi) is 3.31. The van der Waals surface area contributed by atoms with Crippen molar-refractivity contribution >= 4 is 31.8 Å². The smallest absolute Gasteiger partial charge is 0.244 e. The highest BCUT2D eigenvalue weighted by Gasteiger charge is 2.41. The number of nitrogens with two attached hydrogens (primary N) is 1. The highest BCUT2D eigenvalue weighted by molar-refractivity contribution is 9.10. The second kappa shape index (κ2) is 4.71. The Hall–Kier alpha value is -0.660. The summed E-state index contributed by atoms with van der Waals surface area (Å²) >= 11 is 3.22. The van der Waals surface area contributed by atoms with Crippen molar-refractivity contribution in [2.45, 2.75) is 36.6 Å². The summed E-state index contributed by atoms with van der Waals surface area (Å²) in [6.07, 6.45) is 5.96. The van der Waals surface area contributed by atoms with Crippen molar-refractivity contribution < 1.29 is 8.42 Å². The largest absolute Gasteiger partial charge is 0.383 e. The van der Waals surface area contributed by atoms with Crippen molar-refractivity contribution in [2.75, 3.05) is 5.73 Å². The van der Waals surface area contributed by atoms with E-state index in [0.717, 1.165) is 19.3 Å². The van der Waals surface area contributed by atoms with Gasteiger partial charge in [-0.2, -0.15) is 0 Å².